The van der Waals surface area contributed by atoms with Crippen molar-refractivity contribution in [2.24, 2.45) is 5.73 Å². The lowest BCUT2D eigenvalue weighted by Crippen LogP contribution is -2.33. The van der Waals surface area contributed by atoms with Crippen LogP contribution in [0.2, 0.25) is 0 Å². The summed E-state index contributed by atoms with van der Waals surface area (Å²) in [5.74, 6) is 0.220. The third-order valence-electron chi connectivity index (χ3n) is 4.75. The Labute approximate surface area is 183 Å². The number of hydrogen-bond donors (Lipinski definition) is 2. The number of halogens is 4. The molecule has 0 saturated carbocycles. The molecule has 3 N–H and O–H groups in total. The first-order valence-electron chi connectivity index (χ1n) is 9.89. The molecule has 0 aliphatic rings. The summed E-state index contributed by atoms with van der Waals surface area (Å²) in [4.78, 5) is 0. The molecule has 0 spiro atoms. The van der Waals surface area contributed by atoms with E-state index < -0.39 is 30.4 Å². The lowest BCUT2D eigenvalue weighted by molar-refractivity contribution is -0.253. The van der Waals surface area contributed by atoms with Gasteiger partial charge in [-0.2, -0.15) is 17.6 Å². The Morgan fingerprint density at radius 2 is 1.50 bits per heavy atom. The monoisotopic (exact) mass is 449 g/mol. The third kappa shape index (κ3) is 6.45. The molecule has 0 amide bonds. The van der Waals surface area contributed by atoms with E-state index in [1.165, 1.54) is 12.1 Å². The lowest BCUT2D eigenvalue weighted by Gasteiger charge is -2.21. The maximum Gasteiger partial charge on any atom is 0.461 e. The van der Waals surface area contributed by atoms with Crippen molar-refractivity contribution in [1.82, 2.24) is 0 Å². The van der Waals surface area contributed by atoms with E-state index in [9.17, 15) is 22.7 Å². The highest BCUT2D eigenvalue weighted by Gasteiger charge is 2.44. The van der Waals surface area contributed by atoms with Crippen LogP contribution in [0.3, 0.4) is 0 Å². The fraction of sp³-hybridized carbons (Fsp3) is 0.250. The van der Waals surface area contributed by atoms with Crippen LogP contribution in [0.4, 0.5) is 17.6 Å². The standard InChI is InChI=1S/C24H23F4NO3/c25-23(26)24(27,28)32-20-8-4-7-17(13-20)14-21(29)22(30)18-9-11-19(12-10-18)31-15-16-5-2-1-3-6-16/h1-13,21-23,30H,14-15,29H2. The zero-order valence-corrected chi connectivity index (χ0v) is 17.0. The minimum absolute atomic E-state index is 0.116. The third-order valence-corrected chi connectivity index (χ3v) is 4.75. The number of nitrogens with two attached hydrogens (primary N) is 1. The maximum atomic E-state index is 13.1. The van der Waals surface area contributed by atoms with Crippen LogP contribution in [0.15, 0.2) is 78.9 Å². The van der Waals surface area contributed by atoms with Gasteiger partial charge in [-0.1, -0.05) is 54.6 Å². The smallest absolute Gasteiger partial charge is 0.461 e. The molecular formula is C24H23F4NO3. The van der Waals surface area contributed by atoms with E-state index in [1.807, 2.05) is 30.3 Å². The fourth-order valence-corrected chi connectivity index (χ4v) is 3.07. The molecule has 0 bridgehead atoms. The minimum Gasteiger partial charge on any atom is -0.489 e. The summed E-state index contributed by atoms with van der Waals surface area (Å²) in [5, 5.41) is 10.6. The van der Waals surface area contributed by atoms with Crippen LogP contribution in [-0.2, 0) is 13.0 Å². The summed E-state index contributed by atoms with van der Waals surface area (Å²) in [6, 6.07) is 21.0. The topological polar surface area (TPSA) is 64.7 Å². The Bertz CT molecular complexity index is 984. The van der Waals surface area contributed by atoms with Gasteiger partial charge in [-0.15, -0.1) is 0 Å². The second-order valence-corrected chi connectivity index (χ2v) is 7.27. The largest absolute Gasteiger partial charge is 0.489 e. The van der Waals surface area contributed by atoms with E-state index in [-0.39, 0.29) is 6.42 Å². The molecule has 32 heavy (non-hydrogen) atoms. The van der Waals surface area contributed by atoms with Crippen molar-refractivity contribution in [3.05, 3.63) is 95.6 Å². The van der Waals surface area contributed by atoms with Crippen molar-refractivity contribution in [3.8, 4) is 11.5 Å². The molecule has 0 aliphatic carbocycles. The van der Waals surface area contributed by atoms with Gasteiger partial charge < -0.3 is 20.3 Å². The van der Waals surface area contributed by atoms with Gasteiger partial charge >= 0.3 is 12.5 Å². The van der Waals surface area contributed by atoms with Gasteiger partial charge in [0.15, 0.2) is 0 Å². The minimum atomic E-state index is -4.59. The average Bonchev–Trinajstić information content (AvgIpc) is 2.78. The molecule has 0 aromatic heterocycles. The van der Waals surface area contributed by atoms with Crippen molar-refractivity contribution >= 4 is 0 Å². The zero-order valence-electron chi connectivity index (χ0n) is 17.0. The molecular weight excluding hydrogens is 426 g/mol. The van der Waals surface area contributed by atoms with Crippen LogP contribution in [0.1, 0.15) is 22.8 Å². The van der Waals surface area contributed by atoms with E-state index in [1.54, 1.807) is 30.3 Å². The highest BCUT2D eigenvalue weighted by atomic mass is 19.3. The summed E-state index contributed by atoms with van der Waals surface area (Å²) in [5.41, 5.74) is 8.13. The predicted octanol–water partition coefficient (Wildman–Crippen LogP) is 5.11. The van der Waals surface area contributed by atoms with Crippen LogP contribution in [-0.4, -0.2) is 23.7 Å². The molecule has 2 atom stereocenters. The quantitative estimate of drug-likeness (QED) is 0.423. The molecule has 4 nitrogen and oxygen atoms in total. The van der Waals surface area contributed by atoms with Gasteiger partial charge in [-0.05, 0) is 47.4 Å². The Morgan fingerprint density at radius 1 is 0.844 bits per heavy atom. The van der Waals surface area contributed by atoms with Gasteiger partial charge in [0, 0.05) is 6.04 Å². The summed E-state index contributed by atoms with van der Waals surface area (Å²) in [7, 11) is 0. The number of aliphatic hydroxyl groups excluding tert-OH is 1. The van der Waals surface area contributed by atoms with Gasteiger partial charge in [0.2, 0.25) is 0 Å². The second kappa shape index (κ2) is 10.5. The second-order valence-electron chi connectivity index (χ2n) is 7.27. The highest BCUT2D eigenvalue weighted by Crippen LogP contribution is 2.29. The number of benzene rings is 3. The van der Waals surface area contributed by atoms with E-state index in [0.717, 1.165) is 11.6 Å². The van der Waals surface area contributed by atoms with Gasteiger partial charge in [-0.3, -0.25) is 0 Å². The fourth-order valence-electron chi connectivity index (χ4n) is 3.07. The molecule has 3 aromatic carbocycles. The zero-order chi connectivity index (χ0) is 23.1. The number of hydrogen-bond acceptors (Lipinski definition) is 4. The summed E-state index contributed by atoms with van der Waals surface area (Å²) < 4.78 is 60.7. The van der Waals surface area contributed by atoms with Crippen LogP contribution < -0.4 is 15.2 Å². The van der Waals surface area contributed by atoms with E-state index in [4.69, 9.17) is 10.5 Å². The Hall–Kier alpha value is -3.10. The first-order chi connectivity index (χ1) is 15.2. The molecule has 0 fully saturated rings. The molecule has 2 unspecified atom stereocenters. The van der Waals surface area contributed by atoms with Crippen molar-refractivity contribution in [3.63, 3.8) is 0 Å². The van der Waals surface area contributed by atoms with Crippen molar-refractivity contribution in [1.29, 1.82) is 0 Å². The maximum absolute atomic E-state index is 13.1. The van der Waals surface area contributed by atoms with Crippen molar-refractivity contribution < 1.29 is 32.1 Å². The summed E-state index contributed by atoms with van der Waals surface area (Å²) >= 11 is 0. The molecule has 3 rings (SSSR count). The van der Waals surface area contributed by atoms with Gasteiger partial charge in [0.05, 0.1) is 6.10 Å². The van der Waals surface area contributed by atoms with Crippen molar-refractivity contribution in [2.45, 2.75) is 37.7 Å². The van der Waals surface area contributed by atoms with Crippen LogP contribution in [0, 0.1) is 0 Å². The molecule has 0 aliphatic heterocycles. The van der Waals surface area contributed by atoms with E-state index in [2.05, 4.69) is 4.74 Å². The highest BCUT2D eigenvalue weighted by molar-refractivity contribution is 5.32. The lowest BCUT2D eigenvalue weighted by atomic mass is 9.97. The first-order valence-corrected chi connectivity index (χ1v) is 9.89. The average molecular weight is 449 g/mol. The molecule has 0 saturated heterocycles. The Morgan fingerprint density at radius 3 is 2.16 bits per heavy atom. The van der Waals surface area contributed by atoms with Crippen molar-refractivity contribution in [2.75, 3.05) is 0 Å². The molecule has 0 heterocycles. The van der Waals surface area contributed by atoms with Gasteiger partial charge in [-0.25, -0.2) is 0 Å². The molecule has 170 valence electrons. The van der Waals surface area contributed by atoms with Gasteiger partial charge in [0.25, 0.3) is 0 Å². The van der Waals surface area contributed by atoms with Gasteiger partial charge in [0.1, 0.15) is 18.1 Å². The summed E-state index contributed by atoms with van der Waals surface area (Å²) in [6.07, 6.45) is -9.46. The number of ether oxygens (including phenoxy) is 2. The molecule has 0 radical (unpaired) electrons. The number of aliphatic hydroxyl groups is 1. The normalized spacial score (nSPS) is 13.6. The Balaban J connectivity index is 1.58. The summed E-state index contributed by atoms with van der Waals surface area (Å²) in [6.45, 7) is 0.408. The van der Waals surface area contributed by atoms with E-state index in [0.29, 0.717) is 23.5 Å². The molecule has 8 heteroatoms. The SMILES string of the molecule is NC(Cc1cccc(OC(F)(F)C(F)F)c1)C(O)c1ccc(OCc2ccccc2)cc1. The Kier molecular flexibility index (Phi) is 7.71. The first kappa shape index (κ1) is 23.6. The number of rotatable bonds is 10. The van der Waals surface area contributed by atoms with Crippen LogP contribution >= 0.6 is 0 Å². The molecule has 3 aromatic rings. The predicted molar refractivity (Wildman–Crippen MR) is 112 cm³/mol. The number of alkyl halides is 4. The van der Waals surface area contributed by atoms with Crippen LogP contribution in [0.5, 0.6) is 11.5 Å². The van der Waals surface area contributed by atoms with E-state index >= 15 is 0 Å². The van der Waals surface area contributed by atoms with Crippen LogP contribution in [0.25, 0.3) is 0 Å².